The van der Waals surface area contributed by atoms with Crippen LogP contribution in [-0.2, 0) is 4.74 Å². The van der Waals surface area contributed by atoms with Gasteiger partial charge in [-0.2, -0.15) is 0 Å². The van der Waals surface area contributed by atoms with Crippen LogP contribution in [0.1, 0.15) is 33.1 Å². The topological polar surface area (TPSA) is 29.5 Å². The Morgan fingerprint density at radius 3 is 2.77 bits per heavy atom. The maximum Gasteiger partial charge on any atom is 0.116 e. The quantitative estimate of drug-likeness (QED) is 0.660. The Balaban J connectivity index is 2.56. The van der Waals surface area contributed by atoms with Crippen LogP contribution in [0.15, 0.2) is 0 Å². The highest BCUT2D eigenvalue weighted by atomic mass is 16.5. The van der Waals surface area contributed by atoms with Gasteiger partial charge in [0.25, 0.3) is 0 Å². The summed E-state index contributed by atoms with van der Waals surface area (Å²) in [6.07, 6.45) is 10.2. The zero-order valence-electron chi connectivity index (χ0n) is 8.36. The van der Waals surface area contributed by atoms with Crippen LogP contribution in [-0.4, -0.2) is 17.3 Å². The summed E-state index contributed by atoms with van der Waals surface area (Å²) in [6.45, 7) is 4.01. The third-order valence-electron chi connectivity index (χ3n) is 2.94. The molecule has 74 valence electrons. The Bertz CT molecular complexity index is 193. The molecule has 0 aromatic rings. The van der Waals surface area contributed by atoms with Crippen LogP contribution in [0.5, 0.6) is 0 Å². The molecule has 4 atom stereocenters. The first-order valence-electron chi connectivity index (χ1n) is 4.94. The van der Waals surface area contributed by atoms with Crippen LogP contribution >= 0.6 is 0 Å². The fourth-order valence-electron chi connectivity index (χ4n) is 2.13. The number of terminal acetylenes is 1. The van der Waals surface area contributed by atoms with Crippen LogP contribution in [0.2, 0.25) is 0 Å². The maximum atomic E-state index is 9.51. The van der Waals surface area contributed by atoms with Gasteiger partial charge >= 0.3 is 0 Å². The third kappa shape index (κ3) is 2.63. The van der Waals surface area contributed by atoms with Crippen LogP contribution in [0.4, 0.5) is 0 Å². The van der Waals surface area contributed by atoms with Gasteiger partial charge in [-0.1, -0.05) is 19.8 Å². The van der Waals surface area contributed by atoms with Gasteiger partial charge in [0, 0.05) is 5.92 Å². The van der Waals surface area contributed by atoms with E-state index in [4.69, 9.17) is 11.2 Å². The van der Waals surface area contributed by atoms with Crippen molar-refractivity contribution in [3.63, 3.8) is 0 Å². The standard InChI is InChI=1S/C11H18O2/c1-4-13-11-7-8(2)5-6-10(11)9(3)12/h1,8-12H,5-7H2,2-3H3/t8-,9?,10+,11-/m1/s1. The van der Waals surface area contributed by atoms with E-state index < -0.39 is 0 Å². The molecular formula is C11H18O2. The minimum absolute atomic E-state index is 0.0498. The Kier molecular flexibility index (Phi) is 3.62. The number of ether oxygens (including phenoxy) is 1. The monoisotopic (exact) mass is 182 g/mol. The lowest BCUT2D eigenvalue weighted by Gasteiger charge is -2.34. The molecule has 1 saturated carbocycles. The predicted molar refractivity (Wildman–Crippen MR) is 51.9 cm³/mol. The fraction of sp³-hybridized carbons (Fsp3) is 0.818. The van der Waals surface area contributed by atoms with Crippen molar-refractivity contribution in [1.29, 1.82) is 0 Å². The first kappa shape index (κ1) is 10.4. The highest BCUT2D eigenvalue weighted by Crippen LogP contribution is 2.32. The van der Waals surface area contributed by atoms with Gasteiger partial charge in [-0.05, 0) is 25.7 Å². The van der Waals surface area contributed by atoms with Crippen LogP contribution < -0.4 is 0 Å². The summed E-state index contributed by atoms with van der Waals surface area (Å²) in [6, 6.07) is 0. The van der Waals surface area contributed by atoms with Crippen molar-refractivity contribution in [3.8, 4) is 12.5 Å². The van der Waals surface area contributed by atoms with Gasteiger partial charge in [-0.15, -0.1) is 0 Å². The molecule has 0 amide bonds. The second-order valence-electron chi connectivity index (χ2n) is 4.10. The van der Waals surface area contributed by atoms with E-state index in [1.54, 1.807) is 0 Å². The average Bonchev–Trinajstić information content (AvgIpc) is 2.04. The smallest absolute Gasteiger partial charge is 0.116 e. The van der Waals surface area contributed by atoms with E-state index >= 15 is 0 Å². The molecular weight excluding hydrogens is 164 g/mol. The SMILES string of the molecule is C#CO[C@@H]1C[C@H](C)CC[C@H]1C(C)O. The second kappa shape index (κ2) is 4.53. The molecule has 0 spiro atoms. The number of aliphatic hydroxyl groups is 1. The molecule has 1 aliphatic carbocycles. The van der Waals surface area contributed by atoms with Crippen LogP contribution in [0, 0.1) is 24.4 Å². The summed E-state index contributed by atoms with van der Waals surface area (Å²) in [7, 11) is 0. The van der Waals surface area contributed by atoms with E-state index in [0.29, 0.717) is 5.92 Å². The van der Waals surface area contributed by atoms with E-state index in [9.17, 15) is 5.11 Å². The summed E-state index contributed by atoms with van der Waals surface area (Å²) in [5, 5.41) is 9.51. The van der Waals surface area contributed by atoms with E-state index in [1.807, 2.05) is 6.92 Å². The van der Waals surface area contributed by atoms with Gasteiger partial charge in [0.05, 0.1) is 6.10 Å². The Morgan fingerprint density at radius 1 is 1.54 bits per heavy atom. The van der Waals surface area contributed by atoms with E-state index in [2.05, 4.69) is 13.0 Å². The molecule has 1 N–H and O–H groups in total. The highest BCUT2D eigenvalue weighted by molar-refractivity contribution is 4.85. The molecule has 1 rings (SSSR count). The molecule has 0 aliphatic heterocycles. The van der Waals surface area contributed by atoms with E-state index in [-0.39, 0.29) is 18.1 Å². The van der Waals surface area contributed by atoms with Gasteiger partial charge in [-0.25, -0.2) is 0 Å². The van der Waals surface area contributed by atoms with Crippen molar-refractivity contribution >= 4 is 0 Å². The Morgan fingerprint density at radius 2 is 2.23 bits per heavy atom. The Labute approximate surface area is 80.3 Å². The number of hydrogen-bond acceptors (Lipinski definition) is 2. The number of hydrogen-bond donors (Lipinski definition) is 1. The molecule has 1 aliphatic rings. The van der Waals surface area contributed by atoms with Crippen molar-refractivity contribution in [3.05, 3.63) is 0 Å². The lowest BCUT2D eigenvalue weighted by Crippen LogP contribution is -2.36. The van der Waals surface area contributed by atoms with Crippen LogP contribution in [0.3, 0.4) is 0 Å². The Hall–Kier alpha value is -0.680. The molecule has 0 saturated heterocycles. The first-order valence-corrected chi connectivity index (χ1v) is 4.94. The van der Waals surface area contributed by atoms with Gasteiger partial charge in [-0.3, -0.25) is 0 Å². The van der Waals surface area contributed by atoms with Crippen LogP contribution in [0.25, 0.3) is 0 Å². The molecule has 2 heteroatoms. The van der Waals surface area contributed by atoms with Gasteiger partial charge in [0.2, 0.25) is 0 Å². The minimum atomic E-state index is -0.314. The van der Waals surface area contributed by atoms with Gasteiger partial charge in [0.1, 0.15) is 12.2 Å². The lowest BCUT2D eigenvalue weighted by molar-refractivity contribution is -0.0170. The summed E-state index contributed by atoms with van der Waals surface area (Å²) in [5.41, 5.74) is 0. The van der Waals surface area contributed by atoms with E-state index in [0.717, 1.165) is 12.8 Å². The van der Waals surface area contributed by atoms with Crippen molar-refractivity contribution in [1.82, 2.24) is 0 Å². The summed E-state index contributed by atoms with van der Waals surface area (Å²) in [5.74, 6) is 0.876. The molecule has 1 fully saturated rings. The zero-order valence-corrected chi connectivity index (χ0v) is 8.36. The summed E-state index contributed by atoms with van der Waals surface area (Å²) in [4.78, 5) is 0. The normalized spacial score (nSPS) is 36.3. The van der Waals surface area contributed by atoms with Gasteiger partial charge in [0.15, 0.2) is 0 Å². The zero-order chi connectivity index (χ0) is 9.84. The molecule has 2 nitrogen and oxygen atoms in total. The lowest BCUT2D eigenvalue weighted by atomic mass is 9.78. The summed E-state index contributed by atoms with van der Waals surface area (Å²) >= 11 is 0. The predicted octanol–water partition coefficient (Wildman–Crippen LogP) is 1.78. The summed E-state index contributed by atoms with van der Waals surface area (Å²) < 4.78 is 5.19. The van der Waals surface area contributed by atoms with Crippen molar-refractivity contribution in [2.24, 2.45) is 11.8 Å². The fourth-order valence-corrected chi connectivity index (χ4v) is 2.13. The first-order chi connectivity index (χ1) is 6.15. The molecule has 1 unspecified atom stereocenters. The molecule has 0 aromatic heterocycles. The molecule has 0 bridgehead atoms. The third-order valence-corrected chi connectivity index (χ3v) is 2.94. The molecule has 0 radical (unpaired) electrons. The second-order valence-corrected chi connectivity index (χ2v) is 4.10. The average molecular weight is 182 g/mol. The largest absolute Gasteiger partial charge is 0.443 e. The number of aliphatic hydroxyl groups excluding tert-OH is 1. The molecule has 13 heavy (non-hydrogen) atoms. The van der Waals surface area contributed by atoms with Crippen molar-refractivity contribution < 1.29 is 9.84 Å². The van der Waals surface area contributed by atoms with Crippen molar-refractivity contribution in [2.45, 2.75) is 45.3 Å². The minimum Gasteiger partial charge on any atom is -0.443 e. The maximum absolute atomic E-state index is 9.51. The van der Waals surface area contributed by atoms with E-state index in [1.165, 1.54) is 6.42 Å². The molecule has 0 aromatic carbocycles. The van der Waals surface area contributed by atoms with Gasteiger partial charge < -0.3 is 9.84 Å². The number of rotatable bonds is 2. The highest BCUT2D eigenvalue weighted by Gasteiger charge is 2.32. The van der Waals surface area contributed by atoms with Crippen molar-refractivity contribution in [2.75, 3.05) is 0 Å². The molecule has 0 heterocycles.